The van der Waals surface area contributed by atoms with Gasteiger partial charge in [0.15, 0.2) is 0 Å². The van der Waals surface area contributed by atoms with E-state index in [0.717, 1.165) is 15.2 Å². The Hall–Kier alpha value is -3.97. The molecule has 0 radical (unpaired) electrons. The molecule has 0 spiro atoms. The fourth-order valence-electron chi connectivity index (χ4n) is 4.29. The zero-order valence-corrected chi connectivity index (χ0v) is 25.5. The number of aromatic hydroxyl groups is 1. The lowest BCUT2D eigenvalue weighted by atomic mass is 10.1. The van der Waals surface area contributed by atoms with Crippen molar-refractivity contribution in [3.05, 3.63) is 87.5 Å². The number of hydrogen-bond donors (Lipinski definition) is 3. The maximum absolute atomic E-state index is 12.6. The first-order chi connectivity index (χ1) is 20.9. The number of nitrogens with zero attached hydrogens (tertiary/aromatic N) is 5. The van der Waals surface area contributed by atoms with E-state index in [1.807, 2.05) is 24.3 Å². The van der Waals surface area contributed by atoms with Crippen LogP contribution in [0.1, 0.15) is 10.6 Å². The third-order valence-corrected chi connectivity index (χ3v) is 9.08. The third-order valence-electron chi connectivity index (χ3n) is 6.34. The van der Waals surface area contributed by atoms with Gasteiger partial charge in [0.25, 0.3) is 0 Å². The zero-order valence-electron chi connectivity index (χ0n) is 22.3. The number of benzene rings is 3. The molecule has 0 saturated heterocycles. The van der Waals surface area contributed by atoms with Crippen molar-refractivity contribution < 1.29 is 14.6 Å². The van der Waals surface area contributed by atoms with Gasteiger partial charge in [0.05, 0.1) is 45.2 Å². The van der Waals surface area contributed by atoms with Crippen molar-refractivity contribution >= 4 is 73.4 Å². The topological polar surface area (TPSA) is 135 Å². The molecule has 1 aliphatic heterocycles. The Balaban J connectivity index is 1.01. The highest BCUT2D eigenvalue weighted by molar-refractivity contribution is 8.14. The highest BCUT2D eigenvalue weighted by Crippen LogP contribution is 2.33. The molecule has 0 bridgehead atoms. The van der Waals surface area contributed by atoms with E-state index in [1.54, 1.807) is 47.7 Å². The predicted molar refractivity (Wildman–Crippen MR) is 172 cm³/mol. The van der Waals surface area contributed by atoms with Crippen molar-refractivity contribution in [2.24, 2.45) is 4.99 Å². The van der Waals surface area contributed by atoms with Crippen LogP contribution in [0.5, 0.6) is 11.5 Å². The number of rotatable bonds is 10. The minimum absolute atomic E-state index is 0.153. The van der Waals surface area contributed by atoms with Crippen molar-refractivity contribution in [2.75, 3.05) is 24.2 Å². The second kappa shape index (κ2) is 13.1. The van der Waals surface area contributed by atoms with Gasteiger partial charge in [-0.1, -0.05) is 41.4 Å². The molecule has 0 saturated carbocycles. The van der Waals surface area contributed by atoms with E-state index < -0.39 is 6.04 Å². The van der Waals surface area contributed by atoms with Crippen LogP contribution in [0.15, 0.2) is 71.9 Å². The largest absolute Gasteiger partial charge is 0.507 e. The predicted octanol–water partition coefficient (Wildman–Crippen LogP) is 5.83. The maximum atomic E-state index is 12.6. The quantitative estimate of drug-likeness (QED) is 0.159. The molecule has 218 valence electrons. The average molecular weight is 653 g/mol. The van der Waals surface area contributed by atoms with Crippen LogP contribution in [-0.4, -0.2) is 61.2 Å². The summed E-state index contributed by atoms with van der Waals surface area (Å²) in [7, 11) is 0. The summed E-state index contributed by atoms with van der Waals surface area (Å²) in [6.07, 6.45) is 1.51. The Bertz CT molecular complexity index is 1820. The molecule has 10 nitrogen and oxygen atoms in total. The lowest BCUT2D eigenvalue weighted by Crippen LogP contribution is -2.36. The second-order valence-corrected chi connectivity index (χ2v) is 12.2. The third kappa shape index (κ3) is 6.83. The lowest BCUT2D eigenvalue weighted by molar-refractivity contribution is -0.121. The monoisotopic (exact) mass is 651 g/mol. The molecule has 14 heteroatoms. The molecule has 0 fully saturated rings. The number of aromatic nitrogens is 4. The Morgan fingerprint density at radius 3 is 2.74 bits per heavy atom. The molecule has 1 aliphatic rings. The van der Waals surface area contributed by atoms with Crippen LogP contribution >= 0.6 is 46.3 Å². The number of carbonyl (C=O) groups is 1. The van der Waals surface area contributed by atoms with Gasteiger partial charge in [-0.25, -0.2) is 9.97 Å². The van der Waals surface area contributed by atoms with Crippen LogP contribution < -0.4 is 15.4 Å². The van der Waals surface area contributed by atoms with Gasteiger partial charge in [-0.3, -0.25) is 9.79 Å². The fraction of sp³-hybridized carbons (Fsp3) is 0.172. The number of halogens is 2. The number of para-hydroxylation sites is 1. The molecule has 1 amide bonds. The number of carbonyl (C=O) groups excluding carboxylic acids is 1. The first-order valence-corrected chi connectivity index (χ1v) is 15.7. The summed E-state index contributed by atoms with van der Waals surface area (Å²) in [5.74, 6) is 1.49. The van der Waals surface area contributed by atoms with Gasteiger partial charge < -0.3 is 20.5 Å². The number of hydrogen-bond acceptors (Lipinski definition) is 11. The molecule has 43 heavy (non-hydrogen) atoms. The molecule has 1 atom stereocenters. The van der Waals surface area contributed by atoms with E-state index in [9.17, 15) is 9.90 Å². The first kappa shape index (κ1) is 29.1. The summed E-state index contributed by atoms with van der Waals surface area (Å²) >= 11 is 15.6. The van der Waals surface area contributed by atoms with E-state index in [1.165, 1.54) is 18.0 Å². The summed E-state index contributed by atoms with van der Waals surface area (Å²) in [6.45, 7) is 1.02. The molecule has 2 aromatic heterocycles. The molecule has 0 aliphatic carbocycles. The van der Waals surface area contributed by atoms with Crippen molar-refractivity contribution in [1.29, 1.82) is 0 Å². The summed E-state index contributed by atoms with van der Waals surface area (Å²) in [4.78, 5) is 26.3. The Morgan fingerprint density at radius 2 is 1.91 bits per heavy atom. The van der Waals surface area contributed by atoms with Gasteiger partial charge in [-0.05, 0) is 36.4 Å². The van der Waals surface area contributed by atoms with E-state index in [2.05, 4.69) is 30.8 Å². The van der Waals surface area contributed by atoms with Gasteiger partial charge in [0, 0.05) is 22.9 Å². The number of anilines is 1. The molecule has 0 unspecified atom stereocenters. The smallest absolute Gasteiger partial charge is 0.245 e. The Morgan fingerprint density at radius 1 is 1.07 bits per heavy atom. The van der Waals surface area contributed by atoms with Gasteiger partial charge in [-0.2, -0.15) is 5.10 Å². The molecule has 3 aromatic carbocycles. The SMILES string of the molecule is O=C(NCCOc1ccc2sc(CNc3nncc(-c4c(Cl)cccc4Cl)n3)nc2c1)[C@@H]1CSC(c2ccccc2O)=N1. The van der Waals surface area contributed by atoms with Crippen LogP contribution in [0, 0.1) is 0 Å². The number of thioether (sulfide) groups is 1. The average Bonchev–Trinajstić information content (AvgIpc) is 3.66. The van der Waals surface area contributed by atoms with Crippen molar-refractivity contribution in [1.82, 2.24) is 25.5 Å². The molecule has 5 aromatic rings. The van der Waals surface area contributed by atoms with E-state index in [-0.39, 0.29) is 11.7 Å². The fourth-order valence-corrected chi connectivity index (χ4v) is 6.84. The molecular formula is C29H23Cl2N7O3S2. The van der Waals surface area contributed by atoms with Crippen LogP contribution in [0.25, 0.3) is 21.5 Å². The second-order valence-electron chi connectivity index (χ2n) is 9.27. The van der Waals surface area contributed by atoms with Gasteiger partial charge >= 0.3 is 0 Å². The highest BCUT2D eigenvalue weighted by atomic mass is 35.5. The van der Waals surface area contributed by atoms with Crippen molar-refractivity contribution in [3.63, 3.8) is 0 Å². The number of ether oxygens (including phenoxy) is 1. The number of amides is 1. The summed E-state index contributed by atoms with van der Waals surface area (Å²) < 4.78 is 6.86. The standard InChI is InChI=1S/C29H23Cl2N7O3S2/c30-18-5-3-6-19(31)26(18)21-13-34-38-29(37-21)33-14-25-35-20-12-16(8-9-24(20)43-25)41-11-10-32-27(40)22-15-42-28(36-22)17-4-1-2-7-23(17)39/h1-9,12-13,22,39H,10-11,14-15H2,(H,32,40)(H,33,37,38)/t22-/m0/s1. The van der Waals surface area contributed by atoms with Gasteiger partial charge in [-0.15, -0.1) is 28.2 Å². The van der Waals surface area contributed by atoms with Crippen LogP contribution in [0.2, 0.25) is 10.0 Å². The van der Waals surface area contributed by atoms with Crippen molar-refractivity contribution in [3.8, 4) is 22.8 Å². The van der Waals surface area contributed by atoms with E-state index in [4.69, 9.17) is 32.9 Å². The minimum atomic E-state index is -0.504. The Kier molecular flexibility index (Phi) is 8.89. The minimum Gasteiger partial charge on any atom is -0.507 e. The van der Waals surface area contributed by atoms with Gasteiger partial charge in [0.2, 0.25) is 11.9 Å². The number of phenols is 1. The molecule has 6 rings (SSSR count). The van der Waals surface area contributed by atoms with E-state index in [0.29, 0.717) is 69.1 Å². The molecule has 3 heterocycles. The number of thiazole rings is 1. The Labute approximate surface area is 264 Å². The number of nitrogens with one attached hydrogen (secondary N) is 2. The van der Waals surface area contributed by atoms with Gasteiger partial charge in [0.1, 0.15) is 34.2 Å². The maximum Gasteiger partial charge on any atom is 0.245 e. The number of phenolic OH excluding ortho intramolecular Hbond substituents is 1. The van der Waals surface area contributed by atoms with Crippen LogP contribution in [-0.2, 0) is 11.3 Å². The summed E-state index contributed by atoms with van der Waals surface area (Å²) in [6, 6.07) is 17.4. The molecule has 3 N–H and O–H groups in total. The number of fused-ring (bicyclic) bond motifs is 1. The van der Waals surface area contributed by atoms with Crippen molar-refractivity contribution in [2.45, 2.75) is 12.6 Å². The summed E-state index contributed by atoms with van der Waals surface area (Å²) in [5, 5.41) is 26.6. The van der Waals surface area contributed by atoms with E-state index >= 15 is 0 Å². The summed E-state index contributed by atoms with van der Waals surface area (Å²) in [5.41, 5.74) is 2.55. The normalized spacial score (nSPS) is 14.5. The first-order valence-electron chi connectivity index (χ1n) is 13.1. The lowest BCUT2D eigenvalue weighted by Gasteiger charge is -2.09. The van der Waals surface area contributed by atoms with Crippen LogP contribution in [0.4, 0.5) is 5.95 Å². The zero-order chi connectivity index (χ0) is 29.8. The number of aliphatic imine (C=N–C) groups is 1. The highest BCUT2D eigenvalue weighted by Gasteiger charge is 2.26. The molecular weight excluding hydrogens is 629 g/mol. The van der Waals surface area contributed by atoms with Crippen LogP contribution in [0.3, 0.4) is 0 Å².